The summed E-state index contributed by atoms with van der Waals surface area (Å²) in [6.07, 6.45) is 20.0. The quantitative estimate of drug-likeness (QED) is 0.106. The minimum absolute atomic E-state index is 0.0634. The van der Waals surface area contributed by atoms with Gasteiger partial charge in [0.1, 0.15) is 11.6 Å². The average Bonchev–Trinajstić information content (AvgIpc) is 2.77. The lowest BCUT2D eigenvalue weighted by atomic mass is 9.88. The monoisotopic (exact) mass is 470 g/mol. The molecule has 0 aliphatic carbocycles. The molecule has 7 nitrogen and oxygen atoms in total. The molecule has 0 amide bonds. The molecule has 0 fully saturated rings. The Kier molecular flexibility index (Phi) is 19.1. The van der Waals surface area contributed by atoms with Crippen molar-refractivity contribution in [1.82, 2.24) is 0 Å². The molecule has 2 atom stereocenters. The zero-order valence-corrected chi connectivity index (χ0v) is 21.2. The number of hydrogen-bond donors (Lipinski definition) is 3. The number of ether oxygens (including phenoxy) is 1. The molecule has 0 saturated heterocycles. The maximum absolute atomic E-state index is 11.7. The van der Waals surface area contributed by atoms with Gasteiger partial charge >= 0.3 is 17.9 Å². The van der Waals surface area contributed by atoms with Crippen LogP contribution in [0.15, 0.2) is 0 Å². The highest BCUT2D eigenvalue weighted by atomic mass is 16.6. The minimum Gasteiger partial charge on any atom is -0.480 e. The summed E-state index contributed by atoms with van der Waals surface area (Å²) >= 11 is 0. The van der Waals surface area contributed by atoms with E-state index in [1.165, 1.54) is 84.0 Å². The van der Waals surface area contributed by atoms with Crippen LogP contribution in [0.5, 0.6) is 0 Å². The molecule has 0 aromatic heterocycles. The summed E-state index contributed by atoms with van der Waals surface area (Å²) in [6, 6.07) is -0.902. The van der Waals surface area contributed by atoms with E-state index in [2.05, 4.69) is 11.7 Å². The Morgan fingerprint density at radius 2 is 1.15 bits per heavy atom. The van der Waals surface area contributed by atoms with Crippen molar-refractivity contribution in [3.63, 3.8) is 0 Å². The summed E-state index contributed by atoms with van der Waals surface area (Å²) in [7, 11) is 0. The second-order valence-electron chi connectivity index (χ2n) is 9.60. The molecule has 0 bridgehead atoms. The highest BCUT2D eigenvalue weighted by Crippen LogP contribution is 2.21. The number of carbonyl (C=O) groups excluding carboxylic acids is 2. The summed E-state index contributed by atoms with van der Waals surface area (Å²) in [5.41, 5.74) is 9.89. The first kappa shape index (κ1) is 31.5. The number of carboxylic acid groups (broad SMARTS) is 1. The van der Waals surface area contributed by atoms with Crippen molar-refractivity contribution < 1.29 is 24.2 Å². The molecule has 0 heterocycles. The predicted molar refractivity (Wildman–Crippen MR) is 133 cm³/mol. The van der Waals surface area contributed by atoms with Crippen molar-refractivity contribution in [3.05, 3.63) is 0 Å². The summed E-state index contributed by atoms with van der Waals surface area (Å²) in [5.74, 6) is -2.74. The van der Waals surface area contributed by atoms with Gasteiger partial charge in [-0.25, -0.2) is 4.79 Å². The van der Waals surface area contributed by atoms with Gasteiger partial charge in [0, 0.05) is 6.42 Å². The smallest absolute Gasteiger partial charge is 0.330 e. The molecule has 194 valence electrons. The number of esters is 2. The molecule has 5 N–H and O–H groups in total. The van der Waals surface area contributed by atoms with Crippen molar-refractivity contribution in [2.75, 3.05) is 0 Å². The zero-order valence-electron chi connectivity index (χ0n) is 21.2. The lowest BCUT2D eigenvalue weighted by molar-refractivity contribution is -0.160. The van der Waals surface area contributed by atoms with Crippen LogP contribution in [0, 0.1) is 0 Å². The van der Waals surface area contributed by atoms with E-state index in [4.69, 9.17) is 11.5 Å². The first-order valence-corrected chi connectivity index (χ1v) is 13.3. The molecule has 7 heteroatoms. The standard InChI is InChI=1S/C26H50N2O5/c1-3-4-5-6-7-8-9-10-11-12-13-14-15-16-17-18-20-26(28,25(31)32)21-19-23(29)33-24(30)22(2)27/h22H,3-21,27-28H2,1-2H3,(H,31,32)/t22-,26-/m0/s1. The van der Waals surface area contributed by atoms with E-state index < -0.39 is 29.5 Å². The maximum atomic E-state index is 11.7. The number of rotatable bonds is 22. The summed E-state index contributed by atoms with van der Waals surface area (Å²) in [6.45, 7) is 3.67. The number of aliphatic carboxylic acids is 1. The van der Waals surface area contributed by atoms with Gasteiger partial charge < -0.3 is 21.3 Å². The largest absolute Gasteiger partial charge is 0.480 e. The Hall–Kier alpha value is -1.47. The first-order chi connectivity index (χ1) is 15.7. The zero-order chi connectivity index (χ0) is 25.0. The predicted octanol–water partition coefficient (Wildman–Crippen LogP) is 5.62. The van der Waals surface area contributed by atoms with Gasteiger partial charge in [0.15, 0.2) is 0 Å². The molecule has 0 aliphatic heterocycles. The van der Waals surface area contributed by atoms with Gasteiger partial charge in [-0.1, -0.05) is 110 Å². The van der Waals surface area contributed by atoms with Crippen LogP contribution in [0.4, 0.5) is 0 Å². The Bertz CT molecular complexity index is 539. The van der Waals surface area contributed by atoms with Gasteiger partial charge in [-0.3, -0.25) is 9.59 Å². The van der Waals surface area contributed by atoms with Crippen molar-refractivity contribution in [2.24, 2.45) is 11.5 Å². The van der Waals surface area contributed by atoms with Crippen LogP contribution in [0.25, 0.3) is 0 Å². The first-order valence-electron chi connectivity index (χ1n) is 13.3. The Labute approximate surface area is 201 Å². The Morgan fingerprint density at radius 3 is 1.52 bits per heavy atom. The van der Waals surface area contributed by atoms with Crippen molar-refractivity contribution in [1.29, 1.82) is 0 Å². The molecular weight excluding hydrogens is 420 g/mol. The van der Waals surface area contributed by atoms with Gasteiger partial charge in [-0.15, -0.1) is 0 Å². The van der Waals surface area contributed by atoms with Crippen LogP contribution in [-0.4, -0.2) is 34.6 Å². The summed E-state index contributed by atoms with van der Waals surface area (Å²) in [5, 5.41) is 9.48. The Balaban J connectivity index is 3.73. The molecule has 0 saturated carbocycles. The third kappa shape index (κ3) is 17.6. The molecule has 33 heavy (non-hydrogen) atoms. The van der Waals surface area contributed by atoms with E-state index in [9.17, 15) is 19.5 Å². The maximum Gasteiger partial charge on any atom is 0.330 e. The van der Waals surface area contributed by atoms with Crippen LogP contribution in [0.2, 0.25) is 0 Å². The molecular formula is C26H50N2O5. The summed E-state index contributed by atoms with van der Waals surface area (Å²) < 4.78 is 4.57. The second kappa shape index (κ2) is 20.0. The van der Waals surface area contributed by atoms with E-state index in [0.717, 1.165) is 19.3 Å². The Morgan fingerprint density at radius 1 is 0.758 bits per heavy atom. The second-order valence-corrected chi connectivity index (χ2v) is 9.60. The average molecular weight is 471 g/mol. The molecule has 0 radical (unpaired) electrons. The number of carboxylic acids is 1. The third-order valence-electron chi connectivity index (χ3n) is 6.26. The van der Waals surface area contributed by atoms with Gasteiger partial charge in [0.25, 0.3) is 0 Å². The van der Waals surface area contributed by atoms with Crippen LogP contribution >= 0.6 is 0 Å². The normalized spacial score (nSPS) is 13.9. The lowest BCUT2D eigenvalue weighted by Gasteiger charge is -2.24. The molecule has 0 spiro atoms. The third-order valence-corrected chi connectivity index (χ3v) is 6.26. The fourth-order valence-corrected chi connectivity index (χ4v) is 3.91. The lowest BCUT2D eigenvalue weighted by Crippen LogP contribution is -2.48. The van der Waals surface area contributed by atoms with Crippen molar-refractivity contribution in [3.8, 4) is 0 Å². The SMILES string of the molecule is CCCCCCCCCCCCCCCCCC[C@](N)(CCC(=O)OC(=O)[C@H](C)N)C(=O)O. The molecule has 0 rings (SSSR count). The molecule has 0 aliphatic rings. The van der Waals surface area contributed by atoms with Crippen LogP contribution in [0.1, 0.15) is 136 Å². The highest BCUT2D eigenvalue weighted by molar-refractivity contribution is 5.88. The van der Waals surface area contributed by atoms with Crippen molar-refractivity contribution in [2.45, 2.75) is 147 Å². The molecule has 0 aromatic carbocycles. The van der Waals surface area contributed by atoms with Gasteiger partial charge in [-0.05, 0) is 19.8 Å². The van der Waals surface area contributed by atoms with Crippen molar-refractivity contribution >= 4 is 17.9 Å². The van der Waals surface area contributed by atoms with Gasteiger partial charge in [0.05, 0.1) is 0 Å². The van der Waals surface area contributed by atoms with E-state index in [1.54, 1.807) is 0 Å². The number of nitrogens with two attached hydrogens (primary N) is 2. The van der Waals surface area contributed by atoms with E-state index in [-0.39, 0.29) is 12.8 Å². The topological polar surface area (TPSA) is 133 Å². The van der Waals surface area contributed by atoms with E-state index in [1.807, 2.05) is 0 Å². The van der Waals surface area contributed by atoms with E-state index >= 15 is 0 Å². The van der Waals surface area contributed by atoms with Crippen LogP contribution < -0.4 is 11.5 Å². The fourth-order valence-electron chi connectivity index (χ4n) is 3.91. The molecule has 0 unspecified atom stereocenters. The number of unbranched alkanes of at least 4 members (excludes halogenated alkanes) is 15. The molecule has 0 aromatic rings. The number of hydrogen-bond acceptors (Lipinski definition) is 6. The van der Waals surface area contributed by atoms with E-state index in [0.29, 0.717) is 12.8 Å². The van der Waals surface area contributed by atoms with Crippen LogP contribution in [0.3, 0.4) is 0 Å². The fraction of sp³-hybridized carbons (Fsp3) is 0.885. The summed E-state index contributed by atoms with van der Waals surface area (Å²) in [4.78, 5) is 34.6. The highest BCUT2D eigenvalue weighted by Gasteiger charge is 2.34. The van der Waals surface area contributed by atoms with Crippen LogP contribution in [-0.2, 0) is 19.1 Å². The van der Waals surface area contributed by atoms with Gasteiger partial charge in [0.2, 0.25) is 0 Å². The minimum atomic E-state index is -1.48. The number of carbonyl (C=O) groups is 3. The van der Waals surface area contributed by atoms with Gasteiger partial charge in [-0.2, -0.15) is 0 Å².